The molecule has 8 nitrogen and oxygen atoms in total. The normalized spacial score (nSPS) is 16.3. The van der Waals surface area contributed by atoms with E-state index in [1.807, 2.05) is 60.7 Å². The molecule has 8 heteroatoms. The lowest BCUT2D eigenvalue weighted by Crippen LogP contribution is -2.56. The number of carbonyl (C=O) groups is 3. The molecule has 0 radical (unpaired) electrons. The highest BCUT2D eigenvalue weighted by atomic mass is 16.6. The van der Waals surface area contributed by atoms with Crippen LogP contribution in [0, 0.1) is 0 Å². The van der Waals surface area contributed by atoms with Gasteiger partial charge < -0.3 is 14.4 Å². The van der Waals surface area contributed by atoms with Gasteiger partial charge in [-0.05, 0) is 57.6 Å². The Balaban J connectivity index is 1.66. The van der Waals surface area contributed by atoms with Gasteiger partial charge in [0.2, 0.25) is 0 Å². The van der Waals surface area contributed by atoms with Crippen molar-refractivity contribution in [3.05, 3.63) is 71.8 Å². The van der Waals surface area contributed by atoms with Crippen LogP contribution in [0.4, 0.5) is 4.79 Å². The Kier molecular flexibility index (Phi) is 9.47. The van der Waals surface area contributed by atoms with Crippen molar-refractivity contribution in [1.29, 1.82) is 0 Å². The predicted octanol–water partition coefficient (Wildman–Crippen LogP) is 4.09. The maximum Gasteiger partial charge on any atom is 0.334 e. The molecule has 36 heavy (non-hydrogen) atoms. The van der Waals surface area contributed by atoms with Crippen LogP contribution in [0.1, 0.15) is 51.2 Å². The highest BCUT2D eigenvalue weighted by Gasteiger charge is 2.38. The van der Waals surface area contributed by atoms with Gasteiger partial charge in [0.1, 0.15) is 24.3 Å². The third-order valence-electron chi connectivity index (χ3n) is 5.89. The van der Waals surface area contributed by atoms with Crippen molar-refractivity contribution in [2.75, 3.05) is 13.6 Å². The van der Waals surface area contributed by atoms with E-state index < -0.39 is 29.6 Å². The highest BCUT2D eigenvalue weighted by molar-refractivity contribution is 5.84. The molecule has 2 aromatic rings. The Morgan fingerprint density at radius 2 is 1.64 bits per heavy atom. The van der Waals surface area contributed by atoms with Crippen LogP contribution in [0.2, 0.25) is 0 Å². The van der Waals surface area contributed by atoms with Gasteiger partial charge in [0.05, 0.1) is 0 Å². The largest absolute Gasteiger partial charge is 0.460 e. The summed E-state index contributed by atoms with van der Waals surface area (Å²) in [5, 5.41) is 1.28. The van der Waals surface area contributed by atoms with Gasteiger partial charge in [-0.1, -0.05) is 60.7 Å². The van der Waals surface area contributed by atoms with Gasteiger partial charge in [0.25, 0.3) is 0 Å². The Morgan fingerprint density at radius 3 is 2.25 bits per heavy atom. The standard InChI is InChI=1S/C28H37N3O5/c1-28(2,3)36-26(33)24-16-11-19-31(24)27(34)30(4)29-23(18-17-21-12-7-5-8-13-21)25(32)35-20-22-14-9-6-10-15-22/h5-10,12-15,23-24,29H,11,16-20H2,1-4H3. The molecular formula is C28H37N3O5. The fourth-order valence-corrected chi connectivity index (χ4v) is 4.11. The number of urea groups is 1. The van der Waals surface area contributed by atoms with Crippen molar-refractivity contribution < 1.29 is 23.9 Å². The molecule has 0 aliphatic carbocycles. The zero-order valence-electron chi connectivity index (χ0n) is 21.6. The van der Waals surface area contributed by atoms with Crippen LogP contribution in [0.25, 0.3) is 0 Å². The first-order valence-corrected chi connectivity index (χ1v) is 12.4. The Morgan fingerprint density at radius 1 is 1.03 bits per heavy atom. The molecule has 0 saturated carbocycles. The van der Waals surface area contributed by atoms with Crippen LogP contribution in [0.15, 0.2) is 60.7 Å². The second kappa shape index (κ2) is 12.5. The van der Waals surface area contributed by atoms with Gasteiger partial charge in [-0.3, -0.25) is 9.80 Å². The molecule has 3 rings (SSSR count). The highest BCUT2D eigenvalue weighted by Crippen LogP contribution is 2.22. The summed E-state index contributed by atoms with van der Waals surface area (Å²) in [6, 6.07) is 17.5. The summed E-state index contributed by atoms with van der Waals surface area (Å²) in [5.74, 6) is -0.857. The molecule has 2 atom stereocenters. The van der Waals surface area contributed by atoms with E-state index in [4.69, 9.17) is 9.47 Å². The summed E-state index contributed by atoms with van der Waals surface area (Å²) < 4.78 is 11.1. The summed E-state index contributed by atoms with van der Waals surface area (Å²) in [6.07, 6.45) is 2.32. The lowest BCUT2D eigenvalue weighted by atomic mass is 10.1. The number of carbonyl (C=O) groups excluding carboxylic acids is 3. The van der Waals surface area contributed by atoms with E-state index >= 15 is 0 Å². The molecule has 0 bridgehead atoms. The van der Waals surface area contributed by atoms with Crippen LogP contribution in [0.5, 0.6) is 0 Å². The van der Waals surface area contributed by atoms with Gasteiger partial charge in [0, 0.05) is 13.6 Å². The van der Waals surface area contributed by atoms with Crippen LogP contribution in [-0.4, -0.2) is 59.2 Å². The van der Waals surface area contributed by atoms with Crippen molar-refractivity contribution in [3.8, 4) is 0 Å². The summed E-state index contributed by atoms with van der Waals surface area (Å²) in [4.78, 5) is 40.5. The number of hydrogen-bond acceptors (Lipinski definition) is 6. The lowest BCUT2D eigenvalue weighted by Gasteiger charge is -2.32. The lowest BCUT2D eigenvalue weighted by molar-refractivity contribution is -0.159. The molecule has 1 aliphatic rings. The van der Waals surface area contributed by atoms with E-state index in [0.717, 1.165) is 11.1 Å². The second-order valence-corrected chi connectivity index (χ2v) is 10.0. The van der Waals surface area contributed by atoms with Gasteiger partial charge >= 0.3 is 18.0 Å². The van der Waals surface area contributed by atoms with Gasteiger partial charge in [-0.2, -0.15) is 0 Å². The number of amides is 2. The summed E-state index contributed by atoms with van der Waals surface area (Å²) in [6.45, 7) is 6.00. The molecule has 2 amide bonds. The van der Waals surface area contributed by atoms with Crippen molar-refractivity contribution in [2.24, 2.45) is 0 Å². The van der Waals surface area contributed by atoms with Crippen molar-refractivity contribution in [1.82, 2.24) is 15.3 Å². The SMILES string of the molecule is CN(NC(CCc1ccccc1)C(=O)OCc1ccccc1)C(=O)N1CCCC1C(=O)OC(C)(C)C. The smallest absolute Gasteiger partial charge is 0.334 e. The molecule has 1 aliphatic heterocycles. The number of hydrazine groups is 1. The number of hydrogen-bond donors (Lipinski definition) is 1. The minimum atomic E-state index is -0.745. The van der Waals surface area contributed by atoms with Crippen LogP contribution >= 0.6 is 0 Å². The summed E-state index contributed by atoms with van der Waals surface area (Å²) in [7, 11) is 1.56. The van der Waals surface area contributed by atoms with E-state index in [9.17, 15) is 14.4 Å². The minimum Gasteiger partial charge on any atom is -0.460 e. The van der Waals surface area contributed by atoms with Crippen molar-refractivity contribution in [3.63, 3.8) is 0 Å². The zero-order chi connectivity index (χ0) is 26.1. The first-order chi connectivity index (χ1) is 17.1. The third-order valence-corrected chi connectivity index (χ3v) is 5.89. The van der Waals surface area contributed by atoms with E-state index in [1.54, 1.807) is 27.8 Å². The molecular weight excluding hydrogens is 458 g/mol. The number of aryl methyl sites for hydroxylation is 1. The first-order valence-electron chi connectivity index (χ1n) is 12.4. The molecule has 1 fully saturated rings. The maximum atomic E-state index is 13.3. The van der Waals surface area contributed by atoms with Gasteiger partial charge in [-0.15, -0.1) is 0 Å². The topological polar surface area (TPSA) is 88.2 Å². The first kappa shape index (κ1) is 27.2. The fourth-order valence-electron chi connectivity index (χ4n) is 4.11. The number of nitrogens with zero attached hydrogens (tertiary/aromatic N) is 2. The maximum absolute atomic E-state index is 13.3. The average molecular weight is 496 g/mol. The van der Waals surface area contributed by atoms with Crippen LogP contribution in [0.3, 0.4) is 0 Å². The number of nitrogens with one attached hydrogen (secondary N) is 1. The summed E-state index contributed by atoms with van der Waals surface area (Å²) in [5.41, 5.74) is 4.35. The number of likely N-dealkylation sites (tertiary alicyclic amines) is 1. The number of esters is 2. The van der Waals surface area contributed by atoms with E-state index in [1.165, 1.54) is 9.91 Å². The van der Waals surface area contributed by atoms with Gasteiger partial charge in [0.15, 0.2) is 0 Å². The van der Waals surface area contributed by atoms with Crippen LogP contribution < -0.4 is 5.43 Å². The minimum absolute atomic E-state index is 0.147. The van der Waals surface area contributed by atoms with Crippen molar-refractivity contribution >= 4 is 18.0 Å². The number of ether oxygens (including phenoxy) is 2. The van der Waals surface area contributed by atoms with E-state index in [2.05, 4.69) is 5.43 Å². The molecule has 2 unspecified atom stereocenters. The van der Waals surface area contributed by atoms with E-state index in [-0.39, 0.29) is 12.6 Å². The van der Waals surface area contributed by atoms with Gasteiger partial charge in [-0.25, -0.2) is 15.0 Å². The second-order valence-electron chi connectivity index (χ2n) is 10.0. The molecule has 194 valence electrons. The summed E-state index contributed by atoms with van der Waals surface area (Å²) >= 11 is 0. The number of rotatable bonds is 9. The molecule has 1 saturated heterocycles. The molecule has 1 N–H and O–H groups in total. The fraction of sp³-hybridized carbons (Fsp3) is 0.464. The van der Waals surface area contributed by atoms with Crippen molar-refractivity contribution in [2.45, 2.75) is 70.7 Å². The van der Waals surface area contributed by atoms with Crippen LogP contribution in [-0.2, 0) is 32.1 Å². The molecule has 1 heterocycles. The average Bonchev–Trinajstić information content (AvgIpc) is 3.35. The Hall–Kier alpha value is -3.39. The van der Waals surface area contributed by atoms with E-state index in [0.29, 0.717) is 32.2 Å². The Bertz CT molecular complexity index is 1010. The third kappa shape index (κ3) is 8.09. The predicted molar refractivity (Wildman–Crippen MR) is 137 cm³/mol. The quantitative estimate of drug-likeness (QED) is 0.416. The molecule has 0 aromatic heterocycles. The zero-order valence-corrected chi connectivity index (χ0v) is 21.6. The molecule has 2 aromatic carbocycles. The monoisotopic (exact) mass is 495 g/mol. The Labute approximate surface area is 213 Å². The molecule has 0 spiro atoms. The number of benzene rings is 2.